The van der Waals surface area contributed by atoms with Gasteiger partial charge < -0.3 is 105 Å². The molecule has 5 aliphatic carbocycles. The number of alkyl carbamates (subject to hydrolysis) is 1. The summed E-state index contributed by atoms with van der Waals surface area (Å²) in [6.45, 7) is 45.0. The Morgan fingerprint density at radius 2 is 1.07 bits per heavy atom. The van der Waals surface area contributed by atoms with Crippen molar-refractivity contribution in [1.29, 1.82) is 0 Å². The summed E-state index contributed by atoms with van der Waals surface area (Å²) in [6.07, 6.45) is 2.54. The number of allylic oxidation sites excluding steroid dienone is 1. The van der Waals surface area contributed by atoms with Gasteiger partial charge in [0, 0.05) is 55.5 Å². The molecule has 16 unspecified atom stereocenters. The van der Waals surface area contributed by atoms with E-state index in [1.807, 2.05) is 156 Å². The number of ether oxygens (including phenoxy) is 19. The van der Waals surface area contributed by atoms with Crippen LogP contribution in [0, 0.1) is 98.1 Å². The lowest BCUT2D eigenvalue weighted by Crippen LogP contribution is -2.73. The zero-order valence-corrected chi connectivity index (χ0v) is 90.6. The number of methoxy groups -OCH3 is 1. The lowest BCUT2D eigenvalue weighted by molar-refractivity contribution is -0.374. The van der Waals surface area contributed by atoms with Crippen molar-refractivity contribution in [3.63, 3.8) is 0 Å². The number of unbranched alkanes of at least 4 members (excludes halogenated alkanes) is 7. The fourth-order valence-corrected chi connectivity index (χ4v) is 28.1. The van der Waals surface area contributed by atoms with Crippen LogP contribution in [-0.4, -0.2) is 198 Å². The second kappa shape index (κ2) is 47.8. The Morgan fingerprint density at radius 3 is 1.71 bits per heavy atom. The van der Waals surface area contributed by atoms with Crippen LogP contribution in [0.25, 0.3) is 0 Å². The molecule has 16 rings (SSSR count). The smallest absolute Gasteiger partial charge is 0.410 e. The first-order valence-corrected chi connectivity index (χ1v) is 55.4. The number of nitrogens with one attached hydrogen (secondary N) is 2. The van der Waals surface area contributed by atoms with Crippen molar-refractivity contribution < 1.29 is 114 Å². The molecule has 145 heavy (non-hydrogen) atoms. The topological polar surface area (TPSA) is 285 Å². The fourth-order valence-electron chi connectivity index (χ4n) is 28.1. The number of carbonyl (C=O) groups is 5. The molecule has 12 aliphatic rings. The van der Waals surface area contributed by atoms with Gasteiger partial charge in [-0.1, -0.05) is 282 Å². The molecular weight excluding hydrogens is 1840 g/mol. The van der Waals surface area contributed by atoms with E-state index in [1.165, 1.54) is 11.9 Å². The number of aldehydes is 1. The Balaban J connectivity index is 0.660. The Hall–Kier alpha value is -6.51. The number of fused-ring (bicyclic) bond motifs is 8. The van der Waals surface area contributed by atoms with Crippen LogP contribution in [0.4, 0.5) is 4.79 Å². The van der Waals surface area contributed by atoms with Gasteiger partial charge in [0.1, 0.15) is 61.7 Å². The van der Waals surface area contributed by atoms with Crippen molar-refractivity contribution in [1.82, 2.24) is 10.6 Å². The van der Waals surface area contributed by atoms with Gasteiger partial charge in [0.15, 0.2) is 43.0 Å². The Labute approximate surface area is 864 Å². The summed E-state index contributed by atoms with van der Waals surface area (Å²) in [5.74, 6) is -2.09. The highest BCUT2D eigenvalue weighted by Gasteiger charge is 2.73. The summed E-state index contributed by atoms with van der Waals surface area (Å²) in [5.41, 5.74) is 1.98. The van der Waals surface area contributed by atoms with E-state index >= 15 is 4.79 Å². The number of esters is 1. The maximum absolute atomic E-state index is 16.4. The highest BCUT2D eigenvalue weighted by molar-refractivity contribution is 5.81. The molecule has 0 radical (unpaired) electrons. The molecule has 0 spiro atoms. The number of hydrogen-bond acceptors (Lipinski definition) is 24. The standard InChI is InChI=1S/C119H174N2O24/c1-22-88-74(5)73(4)76(7)108(135-88)142-104-100(139-106-75(6)72(3)71(2)63-132-106)78(9)98(80(11)123)138-110(104)137-93-56-57-115(17)91(116(93,18)70-122)55-58-117(19)92(115)54-53-86-87-61-113(13,14)59-60-119(87,94(127-21)62-118(86,117)20)121-112(126)143-109-101(77(8)97(89(136-109)68-128-64-82-43-33-29-34-44-82)120-95(124)51-41-27-25-23-24-26-28-42-52-96(125)130-66-84-47-37-31-38-48-84)140-111-105-103(144-114(15,16)145-105)102(81(12)134-111)141-107-79(10)99(131-67-85-49-39-32-40-50-85)90(69-133-107)129-65-83-45-35-30-36-46-83/h29-40,43-50,53,70-79,81,87-94,97-111H,22-28,41-42,51-52,54-69H2,1-21H3,(H,120,124)(H,121,126)/t71-,72+,73+,74-,75?,76?,77?,78-,79?,81-,87?,88?,89?,90-,91-,92?,93+,94?,97-,98?,99?,100+,101?,102+,103?,104?,105?,106+,107+,108+,109+,110-,111+,115?,116-,117+,118-,119-/m1/s1. The molecule has 38 atom stereocenters. The lowest BCUT2D eigenvalue weighted by atomic mass is 9.34. The maximum Gasteiger partial charge on any atom is 0.410 e. The Kier molecular flexibility index (Phi) is 36.6. The fraction of sp³-hybridized carbons (Fsp3) is 0.739. The molecular formula is C119H174N2O24. The second-order valence-corrected chi connectivity index (χ2v) is 48.0. The van der Waals surface area contributed by atoms with E-state index in [1.54, 1.807) is 14.0 Å². The number of Topliss-reactive ketones (excluding diaryl/α,β-unsaturated/α-hetero) is 1. The predicted octanol–water partition coefficient (Wildman–Crippen LogP) is 21.4. The average Bonchev–Trinajstić information content (AvgIpc) is 0.992. The first-order valence-electron chi connectivity index (χ1n) is 55.4. The van der Waals surface area contributed by atoms with Gasteiger partial charge in [-0.2, -0.15) is 0 Å². The third-order valence-electron chi connectivity index (χ3n) is 37.7. The first-order chi connectivity index (χ1) is 69.3. The number of amides is 2. The normalized spacial score (nSPS) is 41.0. The summed E-state index contributed by atoms with van der Waals surface area (Å²) in [6, 6.07) is 39.1. The van der Waals surface area contributed by atoms with Gasteiger partial charge >= 0.3 is 12.1 Å². The van der Waals surface area contributed by atoms with Gasteiger partial charge in [-0.25, -0.2) is 4.79 Å². The zero-order chi connectivity index (χ0) is 103. The van der Waals surface area contributed by atoms with Crippen LogP contribution in [-0.2, 0) is 136 Å². The summed E-state index contributed by atoms with van der Waals surface area (Å²) in [5, 5.41) is 7.13. The van der Waals surface area contributed by atoms with Gasteiger partial charge in [0.2, 0.25) is 12.2 Å². The SMILES string of the molecule is CCC1O[C@@H](OC2[C@H](O[C@H]3CCC4(C)C5CC=C6C7CC(C)(C)CC[C@]7(NC(=O)O[C@@H]7OC(COCc8ccccc8)[C@H](NC(=O)CCCCCCCCCCC(=O)OCc8ccccc8)C(C)C7O[C@@H]7O[C@H](C)[C@H](O[C@@H]8OC[C@@H](OCc9ccccc9)C(OCc9ccccc9)C8C)C8OC(C)(C)OC87)C(OC)C[C@@]6(C)[C@@]5(C)CC[C@H]4[C@@]3(C)C=O)OC(C(C)=O)[C@@H](C)[C@@H]2O[C@@H]2OC[C@@H](C)[C@H](C)C2C)C(C)[C@@H](C)[C@H]1C. The largest absolute Gasteiger partial charge is 0.461 e. The van der Waals surface area contributed by atoms with Gasteiger partial charge in [-0.3, -0.25) is 14.4 Å². The molecule has 4 saturated carbocycles. The number of rotatable bonds is 40. The minimum Gasteiger partial charge on any atom is -0.461 e. The molecule has 4 aromatic rings. The number of hydrogen-bond donors (Lipinski definition) is 2. The highest BCUT2D eigenvalue weighted by Crippen LogP contribution is 2.75. The molecule has 26 nitrogen and oxygen atoms in total. The summed E-state index contributed by atoms with van der Waals surface area (Å²) in [4.78, 5) is 72.8. The van der Waals surface area contributed by atoms with Crippen molar-refractivity contribution in [3.05, 3.63) is 155 Å². The van der Waals surface area contributed by atoms with Crippen molar-refractivity contribution in [2.75, 3.05) is 26.9 Å². The van der Waals surface area contributed by atoms with Crippen LogP contribution < -0.4 is 10.6 Å². The Morgan fingerprint density at radius 1 is 0.490 bits per heavy atom. The van der Waals surface area contributed by atoms with Crippen LogP contribution >= 0.6 is 0 Å². The third-order valence-corrected chi connectivity index (χ3v) is 37.7. The quantitative estimate of drug-likeness (QED) is 0.0138. The summed E-state index contributed by atoms with van der Waals surface area (Å²) in [7, 11) is 1.79. The van der Waals surface area contributed by atoms with Crippen molar-refractivity contribution in [2.45, 2.75) is 434 Å². The molecule has 7 aliphatic heterocycles. The van der Waals surface area contributed by atoms with E-state index in [2.05, 4.69) is 114 Å². The molecule has 804 valence electrons. The van der Waals surface area contributed by atoms with Gasteiger partial charge in [-0.15, -0.1) is 0 Å². The predicted molar refractivity (Wildman–Crippen MR) is 547 cm³/mol. The summed E-state index contributed by atoms with van der Waals surface area (Å²) < 4.78 is 132. The molecule has 2 N–H and O–H groups in total. The molecule has 11 fully saturated rings. The van der Waals surface area contributed by atoms with Gasteiger partial charge in [0.25, 0.3) is 0 Å². The van der Waals surface area contributed by atoms with Gasteiger partial charge in [-0.05, 0) is 184 Å². The molecule has 26 heteroatoms. The van der Waals surface area contributed by atoms with E-state index in [9.17, 15) is 19.2 Å². The van der Waals surface area contributed by atoms with E-state index in [-0.39, 0.29) is 114 Å². The second-order valence-electron chi connectivity index (χ2n) is 48.0. The molecule has 0 bridgehead atoms. The molecule has 4 aromatic carbocycles. The van der Waals surface area contributed by atoms with E-state index in [4.69, 9.17) is 90.0 Å². The number of ketones is 1. The van der Waals surface area contributed by atoms with Crippen molar-refractivity contribution in [3.8, 4) is 0 Å². The first kappa shape index (κ1) is 111. The average molecular weight is 2020 g/mol. The monoisotopic (exact) mass is 2020 g/mol. The van der Waals surface area contributed by atoms with Crippen molar-refractivity contribution in [2.24, 2.45) is 98.1 Å². The minimum atomic E-state index is -1.44. The Bertz CT molecular complexity index is 4880. The molecule has 0 aromatic heterocycles. The van der Waals surface area contributed by atoms with Crippen LogP contribution in [0.2, 0.25) is 0 Å². The van der Waals surface area contributed by atoms with Crippen LogP contribution in [0.5, 0.6) is 0 Å². The number of benzene rings is 4. The lowest BCUT2D eigenvalue weighted by Gasteiger charge is -2.72. The molecule has 7 heterocycles. The van der Waals surface area contributed by atoms with E-state index < -0.39 is 163 Å². The van der Waals surface area contributed by atoms with Gasteiger partial charge in [0.05, 0.1) is 93.3 Å². The van der Waals surface area contributed by atoms with Crippen molar-refractivity contribution >= 4 is 30.0 Å². The number of carbonyl (C=O) groups excluding carboxylic acids is 5. The van der Waals surface area contributed by atoms with E-state index in [0.717, 1.165) is 112 Å². The van der Waals surface area contributed by atoms with Crippen LogP contribution in [0.15, 0.2) is 133 Å². The zero-order valence-electron chi connectivity index (χ0n) is 90.6. The summed E-state index contributed by atoms with van der Waals surface area (Å²) >= 11 is 0. The minimum absolute atomic E-state index is 0.00168. The third kappa shape index (κ3) is 24.3. The maximum atomic E-state index is 16.4. The van der Waals surface area contributed by atoms with E-state index in [0.29, 0.717) is 69.7 Å². The molecule has 7 saturated heterocycles. The van der Waals surface area contributed by atoms with Crippen LogP contribution in [0.3, 0.4) is 0 Å². The van der Waals surface area contributed by atoms with Crippen LogP contribution in [0.1, 0.15) is 289 Å². The highest BCUT2D eigenvalue weighted by atomic mass is 16.8. The molecule has 2 amide bonds.